The van der Waals surface area contributed by atoms with Gasteiger partial charge in [0.25, 0.3) is 0 Å². The summed E-state index contributed by atoms with van der Waals surface area (Å²) in [5.74, 6) is 0.580. The molecule has 0 bridgehead atoms. The van der Waals surface area contributed by atoms with Gasteiger partial charge in [0.15, 0.2) is 0 Å². The minimum Gasteiger partial charge on any atom is -0.467 e. The van der Waals surface area contributed by atoms with Gasteiger partial charge in [-0.2, -0.15) is 5.10 Å². The summed E-state index contributed by atoms with van der Waals surface area (Å²) < 4.78 is 11.9. The molecule has 0 radical (unpaired) electrons. The second kappa shape index (κ2) is 7.99. The number of nitrogens with zero attached hydrogens (tertiary/aromatic N) is 3. The van der Waals surface area contributed by atoms with Crippen LogP contribution in [-0.4, -0.2) is 40.8 Å². The van der Waals surface area contributed by atoms with Gasteiger partial charge in [-0.05, 0) is 25.1 Å². The van der Waals surface area contributed by atoms with Crippen molar-refractivity contribution in [3.8, 4) is 0 Å². The van der Waals surface area contributed by atoms with Crippen molar-refractivity contribution in [2.75, 3.05) is 20.3 Å². The van der Waals surface area contributed by atoms with E-state index in [9.17, 15) is 4.79 Å². The Morgan fingerprint density at radius 2 is 2.35 bits per heavy atom. The van der Waals surface area contributed by atoms with Crippen LogP contribution in [0.3, 0.4) is 0 Å². The van der Waals surface area contributed by atoms with E-state index in [-0.39, 0.29) is 5.91 Å². The van der Waals surface area contributed by atoms with E-state index in [2.05, 4.69) is 5.10 Å². The Bertz CT molecular complexity index is 677. The Labute approximate surface area is 140 Å². The van der Waals surface area contributed by atoms with E-state index in [0.29, 0.717) is 24.8 Å². The number of carbonyl (C=O) groups excluding carboxylic acids is 1. The lowest BCUT2D eigenvalue weighted by atomic mass is 10.2. The van der Waals surface area contributed by atoms with Gasteiger partial charge in [0.2, 0.25) is 5.91 Å². The number of halogens is 1. The number of furan rings is 1. The van der Waals surface area contributed by atoms with Crippen LogP contribution in [0.5, 0.6) is 0 Å². The molecule has 2 aromatic heterocycles. The minimum atomic E-state index is -0.141. The van der Waals surface area contributed by atoms with Gasteiger partial charge < -0.3 is 14.1 Å². The van der Waals surface area contributed by atoms with Gasteiger partial charge in [-0.15, -0.1) is 0 Å². The lowest BCUT2D eigenvalue weighted by Crippen LogP contribution is -2.31. The number of amides is 1. The van der Waals surface area contributed by atoms with Crippen molar-refractivity contribution >= 4 is 23.6 Å². The fraction of sp³-hybridized carbons (Fsp3) is 0.375. The van der Waals surface area contributed by atoms with Gasteiger partial charge in [-0.3, -0.25) is 9.48 Å². The highest BCUT2D eigenvalue weighted by Crippen LogP contribution is 2.20. The molecule has 0 aliphatic heterocycles. The zero-order valence-electron chi connectivity index (χ0n) is 13.5. The number of ether oxygens (including phenoxy) is 1. The van der Waals surface area contributed by atoms with E-state index in [0.717, 1.165) is 17.0 Å². The van der Waals surface area contributed by atoms with E-state index in [4.69, 9.17) is 20.8 Å². The maximum atomic E-state index is 12.4. The molecule has 2 heterocycles. The molecule has 0 spiro atoms. The molecular formula is C16H20ClN3O3. The summed E-state index contributed by atoms with van der Waals surface area (Å²) in [5.41, 5.74) is 1.52. The molecule has 6 nitrogen and oxygen atoms in total. The summed E-state index contributed by atoms with van der Waals surface area (Å²) in [6.07, 6.45) is 4.77. The van der Waals surface area contributed by atoms with Crippen molar-refractivity contribution in [3.63, 3.8) is 0 Å². The number of rotatable bonds is 7. The normalized spacial score (nSPS) is 11.3. The van der Waals surface area contributed by atoms with Gasteiger partial charge in [0.1, 0.15) is 10.9 Å². The van der Waals surface area contributed by atoms with Crippen molar-refractivity contribution in [2.24, 2.45) is 7.05 Å². The third-order valence-electron chi connectivity index (χ3n) is 3.39. The zero-order chi connectivity index (χ0) is 16.8. The number of aromatic nitrogens is 2. The quantitative estimate of drug-likeness (QED) is 0.729. The molecule has 0 atom stereocenters. The second-order valence-electron chi connectivity index (χ2n) is 5.08. The summed E-state index contributed by atoms with van der Waals surface area (Å²) >= 11 is 6.17. The van der Waals surface area contributed by atoms with Gasteiger partial charge in [-0.25, -0.2) is 0 Å². The first-order valence-corrected chi connectivity index (χ1v) is 7.58. The van der Waals surface area contributed by atoms with Crippen molar-refractivity contribution in [3.05, 3.63) is 46.6 Å². The Morgan fingerprint density at radius 3 is 2.91 bits per heavy atom. The summed E-state index contributed by atoms with van der Waals surface area (Å²) in [5, 5.41) is 4.72. The summed E-state index contributed by atoms with van der Waals surface area (Å²) in [7, 11) is 3.36. The van der Waals surface area contributed by atoms with E-state index in [1.807, 2.05) is 13.0 Å². The van der Waals surface area contributed by atoms with Crippen LogP contribution in [0, 0.1) is 6.92 Å². The average Bonchev–Trinajstić information content (AvgIpc) is 3.11. The first-order chi connectivity index (χ1) is 11.0. The molecule has 0 fully saturated rings. The molecule has 7 heteroatoms. The third-order valence-corrected chi connectivity index (χ3v) is 3.84. The largest absolute Gasteiger partial charge is 0.467 e. The Morgan fingerprint density at radius 1 is 1.57 bits per heavy atom. The number of hydrogen-bond donors (Lipinski definition) is 0. The lowest BCUT2D eigenvalue weighted by Gasteiger charge is -2.19. The molecule has 2 rings (SSSR count). The van der Waals surface area contributed by atoms with Crippen LogP contribution >= 0.6 is 11.6 Å². The molecule has 0 saturated carbocycles. The van der Waals surface area contributed by atoms with Gasteiger partial charge >= 0.3 is 0 Å². The highest BCUT2D eigenvalue weighted by atomic mass is 35.5. The van der Waals surface area contributed by atoms with Crippen LogP contribution in [0.15, 0.2) is 28.9 Å². The SMILES string of the molecule is COCCN(Cc1ccco1)C(=O)/C=C/c1c(C)nn(C)c1Cl. The van der Waals surface area contributed by atoms with Crippen LogP contribution in [0.2, 0.25) is 5.15 Å². The van der Waals surface area contributed by atoms with Crippen LogP contribution < -0.4 is 0 Å². The molecule has 124 valence electrons. The third kappa shape index (κ3) is 4.46. The van der Waals surface area contributed by atoms with Crippen molar-refractivity contribution in [2.45, 2.75) is 13.5 Å². The molecule has 23 heavy (non-hydrogen) atoms. The zero-order valence-corrected chi connectivity index (χ0v) is 14.2. The van der Waals surface area contributed by atoms with Crippen LogP contribution in [0.4, 0.5) is 0 Å². The van der Waals surface area contributed by atoms with Crippen LogP contribution in [0.1, 0.15) is 17.0 Å². The summed E-state index contributed by atoms with van der Waals surface area (Å²) in [6, 6.07) is 3.63. The molecule has 2 aromatic rings. The molecular weight excluding hydrogens is 318 g/mol. The van der Waals surface area contributed by atoms with Crippen LogP contribution in [0.25, 0.3) is 6.08 Å². The Hall–Kier alpha value is -2.05. The predicted octanol–water partition coefficient (Wildman–Crippen LogP) is 2.66. The van der Waals surface area contributed by atoms with Crippen molar-refractivity contribution < 1.29 is 13.9 Å². The van der Waals surface area contributed by atoms with E-state index < -0.39 is 0 Å². The van der Waals surface area contributed by atoms with Crippen LogP contribution in [-0.2, 0) is 23.1 Å². The first kappa shape index (κ1) is 17.3. The number of methoxy groups -OCH3 is 1. The first-order valence-electron chi connectivity index (χ1n) is 7.20. The monoisotopic (exact) mass is 337 g/mol. The number of aryl methyl sites for hydroxylation is 2. The maximum absolute atomic E-state index is 12.4. The average molecular weight is 338 g/mol. The standard InChI is InChI=1S/C16H20ClN3O3/c1-12-14(16(17)19(2)18-12)6-7-15(21)20(8-10-22-3)11-13-5-4-9-23-13/h4-7,9H,8,10-11H2,1-3H3/b7-6+. The Kier molecular flexibility index (Phi) is 6.01. The highest BCUT2D eigenvalue weighted by molar-refractivity contribution is 6.31. The molecule has 0 saturated heterocycles. The van der Waals surface area contributed by atoms with E-state index in [1.54, 1.807) is 42.1 Å². The lowest BCUT2D eigenvalue weighted by molar-refractivity contribution is -0.127. The van der Waals surface area contributed by atoms with E-state index >= 15 is 0 Å². The molecule has 0 N–H and O–H groups in total. The molecule has 0 aliphatic carbocycles. The molecule has 1 amide bonds. The molecule has 0 unspecified atom stereocenters. The topological polar surface area (TPSA) is 60.5 Å². The van der Waals surface area contributed by atoms with Crippen molar-refractivity contribution in [1.82, 2.24) is 14.7 Å². The maximum Gasteiger partial charge on any atom is 0.247 e. The highest BCUT2D eigenvalue weighted by Gasteiger charge is 2.14. The second-order valence-corrected chi connectivity index (χ2v) is 5.44. The smallest absolute Gasteiger partial charge is 0.247 e. The fourth-order valence-electron chi connectivity index (χ4n) is 2.16. The van der Waals surface area contributed by atoms with Gasteiger partial charge in [0, 0.05) is 32.3 Å². The number of carbonyl (C=O) groups is 1. The van der Waals surface area contributed by atoms with Crippen molar-refractivity contribution in [1.29, 1.82) is 0 Å². The predicted molar refractivity (Wildman–Crippen MR) is 88.0 cm³/mol. The van der Waals surface area contributed by atoms with Gasteiger partial charge in [-0.1, -0.05) is 11.6 Å². The van der Waals surface area contributed by atoms with Gasteiger partial charge in [0.05, 0.1) is 25.1 Å². The summed E-state index contributed by atoms with van der Waals surface area (Å²) in [6.45, 7) is 3.16. The Balaban J connectivity index is 2.11. The summed E-state index contributed by atoms with van der Waals surface area (Å²) in [4.78, 5) is 14.1. The van der Waals surface area contributed by atoms with E-state index in [1.165, 1.54) is 6.08 Å². The number of hydrogen-bond acceptors (Lipinski definition) is 4. The fourth-order valence-corrected chi connectivity index (χ4v) is 2.39. The molecule has 0 aromatic carbocycles. The molecule has 0 aliphatic rings. The minimum absolute atomic E-state index is 0.141.